The molecule has 3 rings (SSSR count). The van der Waals surface area contributed by atoms with Crippen LogP contribution in [-0.2, 0) is 13.6 Å². The Kier molecular flexibility index (Phi) is 3.67. The molecule has 0 unspecified atom stereocenters. The van der Waals surface area contributed by atoms with Crippen LogP contribution in [0.25, 0.3) is 11.0 Å². The molecule has 4 heteroatoms. The molecular weight excluding hydrogens is 274 g/mol. The summed E-state index contributed by atoms with van der Waals surface area (Å²) in [5.41, 5.74) is 5.96. The molecular formula is C18H19N3O. The lowest BCUT2D eigenvalue weighted by Crippen LogP contribution is -2.23. The van der Waals surface area contributed by atoms with Crippen LogP contribution in [0.5, 0.6) is 0 Å². The third kappa shape index (κ3) is 2.72. The van der Waals surface area contributed by atoms with E-state index in [9.17, 15) is 4.79 Å². The summed E-state index contributed by atoms with van der Waals surface area (Å²) < 4.78 is 1.98. The number of carbonyl (C=O) groups is 1. The maximum Gasteiger partial charge on any atom is 0.251 e. The second-order valence-electron chi connectivity index (χ2n) is 5.68. The highest BCUT2D eigenvalue weighted by molar-refractivity contribution is 5.95. The van der Waals surface area contributed by atoms with Crippen molar-refractivity contribution >= 4 is 16.9 Å². The van der Waals surface area contributed by atoms with Crippen molar-refractivity contribution in [3.8, 4) is 0 Å². The van der Waals surface area contributed by atoms with Crippen LogP contribution < -0.4 is 5.32 Å². The van der Waals surface area contributed by atoms with Crippen LogP contribution in [0.2, 0.25) is 0 Å². The molecule has 0 saturated carbocycles. The average Bonchev–Trinajstić information content (AvgIpc) is 2.86. The lowest BCUT2D eigenvalue weighted by atomic mass is 10.1. The van der Waals surface area contributed by atoms with Gasteiger partial charge in [-0.15, -0.1) is 0 Å². The molecule has 0 aliphatic rings. The molecule has 112 valence electrons. The van der Waals surface area contributed by atoms with Crippen molar-refractivity contribution in [1.29, 1.82) is 0 Å². The van der Waals surface area contributed by atoms with Crippen molar-refractivity contribution in [2.45, 2.75) is 20.4 Å². The van der Waals surface area contributed by atoms with Gasteiger partial charge in [-0.05, 0) is 43.2 Å². The Morgan fingerprint density at radius 1 is 1.18 bits per heavy atom. The third-order valence-corrected chi connectivity index (χ3v) is 3.87. The minimum absolute atomic E-state index is 0.0429. The summed E-state index contributed by atoms with van der Waals surface area (Å²) in [4.78, 5) is 16.6. The Labute approximate surface area is 129 Å². The maximum absolute atomic E-state index is 12.3. The van der Waals surface area contributed by atoms with Crippen molar-refractivity contribution < 1.29 is 4.79 Å². The fourth-order valence-electron chi connectivity index (χ4n) is 2.64. The van der Waals surface area contributed by atoms with Crippen LogP contribution >= 0.6 is 0 Å². The number of hydrogen-bond donors (Lipinski definition) is 1. The molecule has 0 atom stereocenters. The summed E-state index contributed by atoms with van der Waals surface area (Å²) in [5, 5.41) is 2.97. The number of amides is 1. The molecule has 22 heavy (non-hydrogen) atoms. The highest BCUT2D eigenvalue weighted by atomic mass is 16.1. The van der Waals surface area contributed by atoms with E-state index < -0.39 is 0 Å². The van der Waals surface area contributed by atoms with Gasteiger partial charge in [0.25, 0.3) is 5.91 Å². The number of aromatic nitrogens is 2. The first-order valence-electron chi connectivity index (χ1n) is 7.30. The van der Waals surface area contributed by atoms with Crippen LogP contribution in [-0.4, -0.2) is 15.5 Å². The number of carbonyl (C=O) groups excluding carboxylic acids is 1. The highest BCUT2D eigenvalue weighted by Gasteiger charge is 2.09. The largest absolute Gasteiger partial charge is 0.348 e. The van der Waals surface area contributed by atoms with Gasteiger partial charge in [-0.25, -0.2) is 4.98 Å². The van der Waals surface area contributed by atoms with E-state index in [1.165, 1.54) is 0 Å². The first kappa shape index (κ1) is 14.3. The normalized spacial score (nSPS) is 10.9. The number of hydrogen-bond acceptors (Lipinski definition) is 2. The summed E-state index contributed by atoms with van der Waals surface area (Å²) in [6, 6.07) is 11.9. The van der Waals surface area contributed by atoms with Crippen molar-refractivity contribution in [3.63, 3.8) is 0 Å². The zero-order chi connectivity index (χ0) is 15.7. The molecule has 1 heterocycles. The van der Waals surface area contributed by atoms with E-state index in [0.717, 1.165) is 33.3 Å². The molecule has 3 aromatic rings. The Bertz CT molecular complexity index is 849. The van der Waals surface area contributed by atoms with Crippen LogP contribution in [0.3, 0.4) is 0 Å². The van der Waals surface area contributed by atoms with Crippen molar-refractivity contribution in [1.82, 2.24) is 14.9 Å². The Morgan fingerprint density at radius 2 is 2.00 bits per heavy atom. The molecule has 0 spiro atoms. The quantitative estimate of drug-likeness (QED) is 0.806. The molecule has 0 bridgehead atoms. The molecule has 4 nitrogen and oxygen atoms in total. The summed E-state index contributed by atoms with van der Waals surface area (Å²) >= 11 is 0. The summed E-state index contributed by atoms with van der Waals surface area (Å²) in [7, 11) is 1.97. The van der Waals surface area contributed by atoms with Gasteiger partial charge in [-0.1, -0.05) is 23.8 Å². The van der Waals surface area contributed by atoms with Crippen molar-refractivity contribution in [2.75, 3.05) is 0 Å². The van der Waals surface area contributed by atoms with Crippen LogP contribution in [0, 0.1) is 13.8 Å². The second kappa shape index (κ2) is 5.64. The molecule has 2 aromatic carbocycles. The van der Waals surface area contributed by atoms with Gasteiger partial charge in [-0.2, -0.15) is 0 Å². The number of rotatable bonds is 3. The van der Waals surface area contributed by atoms with Crippen LogP contribution in [0.4, 0.5) is 0 Å². The number of aryl methyl sites for hydroxylation is 3. The van der Waals surface area contributed by atoms with E-state index >= 15 is 0 Å². The fourth-order valence-corrected chi connectivity index (χ4v) is 2.64. The second-order valence-corrected chi connectivity index (χ2v) is 5.68. The molecule has 1 amide bonds. The smallest absolute Gasteiger partial charge is 0.251 e. The molecule has 1 N–H and O–H groups in total. The number of benzene rings is 2. The Morgan fingerprint density at radius 3 is 2.77 bits per heavy atom. The van der Waals surface area contributed by atoms with Crippen molar-refractivity contribution in [3.05, 3.63) is 65.0 Å². The molecule has 1 aromatic heterocycles. The van der Waals surface area contributed by atoms with Gasteiger partial charge in [-0.3, -0.25) is 4.79 Å². The lowest BCUT2D eigenvalue weighted by Gasteiger charge is -2.08. The zero-order valence-corrected chi connectivity index (χ0v) is 13.1. The average molecular weight is 293 g/mol. The number of imidazole rings is 1. The van der Waals surface area contributed by atoms with E-state index in [0.29, 0.717) is 6.54 Å². The Hall–Kier alpha value is -2.62. The van der Waals surface area contributed by atoms with E-state index in [1.807, 2.05) is 61.9 Å². The predicted octanol–water partition coefficient (Wildman–Crippen LogP) is 3.12. The van der Waals surface area contributed by atoms with Gasteiger partial charge in [0.15, 0.2) is 0 Å². The van der Waals surface area contributed by atoms with Gasteiger partial charge >= 0.3 is 0 Å². The number of fused-ring (bicyclic) bond motifs is 1. The molecule has 0 radical (unpaired) electrons. The van der Waals surface area contributed by atoms with Gasteiger partial charge < -0.3 is 9.88 Å². The van der Waals surface area contributed by atoms with E-state index in [4.69, 9.17) is 0 Å². The van der Waals surface area contributed by atoms with E-state index in [2.05, 4.69) is 10.3 Å². The first-order chi connectivity index (χ1) is 10.5. The maximum atomic E-state index is 12.3. The molecule has 0 fully saturated rings. The zero-order valence-electron chi connectivity index (χ0n) is 13.1. The molecule has 0 aliphatic carbocycles. The van der Waals surface area contributed by atoms with Crippen LogP contribution in [0.15, 0.2) is 42.7 Å². The predicted molar refractivity (Wildman–Crippen MR) is 87.8 cm³/mol. The van der Waals surface area contributed by atoms with Crippen molar-refractivity contribution in [2.24, 2.45) is 7.05 Å². The summed E-state index contributed by atoms with van der Waals surface area (Å²) in [6.45, 7) is 4.48. The van der Waals surface area contributed by atoms with E-state index in [1.54, 1.807) is 6.33 Å². The number of nitrogens with zero attached hydrogens (tertiary/aromatic N) is 2. The first-order valence-corrected chi connectivity index (χ1v) is 7.30. The summed E-state index contributed by atoms with van der Waals surface area (Å²) in [6.07, 6.45) is 1.79. The fraction of sp³-hybridized carbons (Fsp3) is 0.222. The minimum atomic E-state index is -0.0429. The standard InChI is InChI=1S/C18H19N3O/c1-12-4-6-15(13(2)8-12)18(22)19-10-14-5-7-17-16(9-14)20-11-21(17)3/h4-9,11H,10H2,1-3H3,(H,19,22). The SMILES string of the molecule is Cc1ccc(C(=O)NCc2ccc3c(c2)ncn3C)c(C)c1. The lowest BCUT2D eigenvalue weighted by molar-refractivity contribution is 0.0950. The van der Waals surface area contributed by atoms with Gasteiger partial charge in [0.05, 0.1) is 17.4 Å². The minimum Gasteiger partial charge on any atom is -0.348 e. The van der Waals surface area contributed by atoms with Gasteiger partial charge in [0, 0.05) is 19.2 Å². The Balaban J connectivity index is 1.74. The van der Waals surface area contributed by atoms with E-state index in [-0.39, 0.29) is 5.91 Å². The molecule has 0 aliphatic heterocycles. The highest BCUT2D eigenvalue weighted by Crippen LogP contribution is 2.14. The topological polar surface area (TPSA) is 46.9 Å². The van der Waals surface area contributed by atoms with Crippen LogP contribution in [0.1, 0.15) is 27.0 Å². The van der Waals surface area contributed by atoms with Gasteiger partial charge in [0.2, 0.25) is 0 Å². The summed E-state index contributed by atoms with van der Waals surface area (Å²) in [5.74, 6) is -0.0429. The third-order valence-electron chi connectivity index (χ3n) is 3.87. The molecule has 0 saturated heterocycles. The van der Waals surface area contributed by atoms with Gasteiger partial charge in [0.1, 0.15) is 0 Å². The number of nitrogens with one attached hydrogen (secondary N) is 1. The monoisotopic (exact) mass is 293 g/mol.